The van der Waals surface area contributed by atoms with Gasteiger partial charge in [0.2, 0.25) is 5.95 Å². The van der Waals surface area contributed by atoms with Crippen LogP contribution in [0.3, 0.4) is 0 Å². The molecule has 2 rings (SSSR count). The largest absolute Gasteiger partial charge is 0.469 e. The molecule has 1 aliphatic rings. The van der Waals surface area contributed by atoms with Crippen molar-refractivity contribution in [3.63, 3.8) is 0 Å². The van der Waals surface area contributed by atoms with Gasteiger partial charge >= 0.3 is 5.97 Å². The van der Waals surface area contributed by atoms with E-state index in [1.54, 1.807) is 0 Å². The van der Waals surface area contributed by atoms with Crippen molar-refractivity contribution >= 4 is 11.9 Å². The predicted octanol–water partition coefficient (Wildman–Crippen LogP) is 0.615. The Morgan fingerprint density at radius 3 is 2.88 bits per heavy atom. The molecule has 0 aromatic carbocycles. The van der Waals surface area contributed by atoms with E-state index in [4.69, 9.17) is 0 Å². The molecule has 1 saturated heterocycles. The van der Waals surface area contributed by atoms with Crippen LogP contribution in [0.5, 0.6) is 0 Å². The molecule has 16 heavy (non-hydrogen) atoms. The second kappa shape index (κ2) is 4.42. The highest BCUT2D eigenvalue weighted by Gasteiger charge is 2.30. The lowest BCUT2D eigenvalue weighted by Crippen LogP contribution is -2.25. The summed E-state index contributed by atoms with van der Waals surface area (Å²) in [6.45, 7) is 1.21. The van der Waals surface area contributed by atoms with E-state index in [2.05, 4.69) is 14.7 Å². The standard InChI is InChI=1S/C10H12FN3O2/c1-16-9(15)7-2-3-14(6-7)10-12-4-8(11)5-13-10/h4-5,7H,2-3,6H2,1H3. The summed E-state index contributed by atoms with van der Waals surface area (Å²) in [4.78, 5) is 20.9. The SMILES string of the molecule is COC(=O)C1CCN(c2ncc(F)cn2)C1. The van der Waals surface area contributed by atoms with Gasteiger partial charge in [-0.2, -0.15) is 0 Å². The van der Waals surface area contributed by atoms with E-state index < -0.39 is 5.82 Å². The molecule has 1 atom stereocenters. The molecule has 5 nitrogen and oxygen atoms in total. The summed E-state index contributed by atoms with van der Waals surface area (Å²) in [5, 5.41) is 0. The van der Waals surface area contributed by atoms with Crippen LogP contribution in [0.15, 0.2) is 12.4 Å². The Kier molecular flexibility index (Phi) is 2.98. The van der Waals surface area contributed by atoms with Gasteiger partial charge in [0.1, 0.15) is 0 Å². The molecule has 2 heterocycles. The number of hydrogen-bond donors (Lipinski definition) is 0. The second-order valence-corrected chi connectivity index (χ2v) is 3.66. The van der Waals surface area contributed by atoms with Gasteiger partial charge in [0, 0.05) is 13.1 Å². The maximum atomic E-state index is 12.6. The third-order valence-corrected chi connectivity index (χ3v) is 2.61. The van der Waals surface area contributed by atoms with Gasteiger partial charge in [-0.1, -0.05) is 0 Å². The molecule has 1 unspecified atom stereocenters. The summed E-state index contributed by atoms with van der Waals surface area (Å²) in [5.41, 5.74) is 0. The Labute approximate surface area is 92.3 Å². The fourth-order valence-corrected chi connectivity index (χ4v) is 1.77. The van der Waals surface area contributed by atoms with Crippen LogP contribution in [0.25, 0.3) is 0 Å². The molecule has 1 aromatic rings. The van der Waals surface area contributed by atoms with Gasteiger partial charge in [-0.25, -0.2) is 14.4 Å². The molecule has 0 radical (unpaired) electrons. The van der Waals surface area contributed by atoms with Crippen LogP contribution in [0, 0.1) is 11.7 Å². The molecule has 0 saturated carbocycles. The maximum Gasteiger partial charge on any atom is 0.310 e. The van der Waals surface area contributed by atoms with Crippen LogP contribution >= 0.6 is 0 Å². The summed E-state index contributed by atoms with van der Waals surface area (Å²) >= 11 is 0. The number of esters is 1. The lowest BCUT2D eigenvalue weighted by Gasteiger charge is -2.14. The van der Waals surface area contributed by atoms with Gasteiger partial charge in [-0.3, -0.25) is 4.79 Å². The molecule has 0 amide bonds. The Bertz CT molecular complexity index is 382. The van der Waals surface area contributed by atoms with Crippen molar-refractivity contribution in [1.29, 1.82) is 0 Å². The molecular weight excluding hydrogens is 213 g/mol. The first-order valence-electron chi connectivity index (χ1n) is 5.01. The fourth-order valence-electron chi connectivity index (χ4n) is 1.77. The monoisotopic (exact) mass is 225 g/mol. The minimum atomic E-state index is -0.465. The van der Waals surface area contributed by atoms with Crippen LogP contribution < -0.4 is 4.90 Å². The molecular formula is C10H12FN3O2. The van der Waals surface area contributed by atoms with E-state index in [1.165, 1.54) is 7.11 Å². The number of aromatic nitrogens is 2. The highest BCUT2D eigenvalue weighted by molar-refractivity contribution is 5.73. The molecule has 1 fully saturated rings. The number of nitrogens with zero attached hydrogens (tertiary/aromatic N) is 3. The predicted molar refractivity (Wildman–Crippen MR) is 54.3 cm³/mol. The topological polar surface area (TPSA) is 55.3 Å². The summed E-state index contributed by atoms with van der Waals surface area (Å²) in [5.74, 6) is -0.372. The molecule has 6 heteroatoms. The highest BCUT2D eigenvalue weighted by atomic mass is 19.1. The number of hydrogen-bond acceptors (Lipinski definition) is 5. The molecule has 1 aromatic heterocycles. The molecule has 0 bridgehead atoms. The van der Waals surface area contributed by atoms with Crippen LogP contribution in [0.1, 0.15) is 6.42 Å². The lowest BCUT2D eigenvalue weighted by atomic mass is 10.1. The molecule has 1 aliphatic heterocycles. The second-order valence-electron chi connectivity index (χ2n) is 3.66. The Hall–Kier alpha value is -1.72. The zero-order valence-electron chi connectivity index (χ0n) is 8.89. The van der Waals surface area contributed by atoms with E-state index in [0.717, 1.165) is 12.4 Å². The number of methoxy groups -OCH3 is 1. The minimum Gasteiger partial charge on any atom is -0.469 e. The summed E-state index contributed by atoms with van der Waals surface area (Å²) in [7, 11) is 1.37. The molecule has 86 valence electrons. The Morgan fingerprint density at radius 2 is 2.25 bits per heavy atom. The van der Waals surface area contributed by atoms with Gasteiger partial charge < -0.3 is 9.64 Å². The maximum absolute atomic E-state index is 12.6. The first-order valence-corrected chi connectivity index (χ1v) is 5.01. The fraction of sp³-hybridized carbons (Fsp3) is 0.500. The Balaban J connectivity index is 2.03. The third kappa shape index (κ3) is 2.10. The van der Waals surface area contributed by atoms with Crippen LogP contribution in [0.4, 0.5) is 10.3 Å². The zero-order valence-corrected chi connectivity index (χ0v) is 8.89. The average molecular weight is 225 g/mol. The quantitative estimate of drug-likeness (QED) is 0.690. The molecule has 0 spiro atoms. The minimum absolute atomic E-state index is 0.140. The third-order valence-electron chi connectivity index (χ3n) is 2.61. The number of carbonyl (C=O) groups excluding carboxylic acids is 1. The molecule has 0 N–H and O–H groups in total. The van der Waals surface area contributed by atoms with E-state index in [1.807, 2.05) is 4.90 Å². The zero-order chi connectivity index (χ0) is 11.5. The number of halogens is 1. The van der Waals surface area contributed by atoms with Crippen molar-refractivity contribution < 1.29 is 13.9 Å². The van der Waals surface area contributed by atoms with Gasteiger partial charge in [0.05, 0.1) is 25.4 Å². The van der Waals surface area contributed by atoms with Crippen molar-refractivity contribution in [2.45, 2.75) is 6.42 Å². The number of carbonyl (C=O) groups is 1. The van der Waals surface area contributed by atoms with E-state index in [-0.39, 0.29) is 11.9 Å². The number of ether oxygens (including phenoxy) is 1. The highest BCUT2D eigenvalue weighted by Crippen LogP contribution is 2.21. The molecule has 0 aliphatic carbocycles. The van der Waals surface area contributed by atoms with E-state index in [0.29, 0.717) is 25.5 Å². The summed E-state index contributed by atoms with van der Waals surface area (Å²) in [6.07, 6.45) is 2.95. The summed E-state index contributed by atoms with van der Waals surface area (Å²) < 4.78 is 17.3. The van der Waals surface area contributed by atoms with Crippen molar-refractivity contribution in [2.75, 3.05) is 25.1 Å². The van der Waals surface area contributed by atoms with Crippen LogP contribution in [0.2, 0.25) is 0 Å². The summed E-state index contributed by atoms with van der Waals surface area (Å²) in [6, 6.07) is 0. The van der Waals surface area contributed by atoms with E-state index in [9.17, 15) is 9.18 Å². The van der Waals surface area contributed by atoms with Gasteiger partial charge in [-0.05, 0) is 6.42 Å². The number of rotatable bonds is 2. The normalized spacial score (nSPS) is 19.9. The van der Waals surface area contributed by atoms with Gasteiger partial charge in [-0.15, -0.1) is 0 Å². The van der Waals surface area contributed by atoms with Crippen molar-refractivity contribution in [1.82, 2.24) is 9.97 Å². The van der Waals surface area contributed by atoms with Gasteiger partial charge in [0.15, 0.2) is 5.82 Å². The first-order chi connectivity index (χ1) is 7.70. The van der Waals surface area contributed by atoms with Crippen molar-refractivity contribution in [3.05, 3.63) is 18.2 Å². The number of anilines is 1. The lowest BCUT2D eigenvalue weighted by molar-refractivity contribution is -0.144. The smallest absolute Gasteiger partial charge is 0.310 e. The van der Waals surface area contributed by atoms with Crippen molar-refractivity contribution in [2.24, 2.45) is 5.92 Å². The van der Waals surface area contributed by atoms with E-state index >= 15 is 0 Å². The van der Waals surface area contributed by atoms with Gasteiger partial charge in [0.25, 0.3) is 0 Å². The first kappa shape index (κ1) is 10.8. The average Bonchev–Trinajstić information content (AvgIpc) is 2.78. The van der Waals surface area contributed by atoms with Crippen LogP contribution in [-0.4, -0.2) is 36.1 Å². The van der Waals surface area contributed by atoms with Crippen molar-refractivity contribution in [3.8, 4) is 0 Å². The Morgan fingerprint density at radius 1 is 1.56 bits per heavy atom. The van der Waals surface area contributed by atoms with Crippen LogP contribution in [-0.2, 0) is 9.53 Å².